The van der Waals surface area contributed by atoms with Gasteiger partial charge in [-0.1, -0.05) is 34.1 Å². The molecule has 0 aliphatic carbocycles. The third-order valence-corrected chi connectivity index (χ3v) is 10.6. The lowest BCUT2D eigenvalue weighted by atomic mass is 9.96. The number of carbonyl (C=O) groups is 10. The van der Waals surface area contributed by atoms with E-state index < -0.39 is 132 Å². The fourth-order valence-corrected chi connectivity index (χ4v) is 6.95. The van der Waals surface area contributed by atoms with Gasteiger partial charge in [-0.3, -0.25) is 43.2 Å². The van der Waals surface area contributed by atoms with Crippen LogP contribution in [0.15, 0.2) is 0 Å². The normalized spacial score (nSPS) is 19.4. The molecule has 0 unspecified atom stereocenters. The minimum atomic E-state index is -1.57. The summed E-state index contributed by atoms with van der Waals surface area (Å²) in [6.07, 6.45) is 1.04. The number of aliphatic hydroxyl groups excluding tert-OH is 1. The second-order valence-corrected chi connectivity index (χ2v) is 15.6. The maximum absolute atomic E-state index is 14.1. The first-order valence-electron chi connectivity index (χ1n) is 20.4. The van der Waals surface area contributed by atoms with Crippen LogP contribution in [0.3, 0.4) is 0 Å². The average Bonchev–Trinajstić information content (AvgIpc) is 3.89. The van der Waals surface area contributed by atoms with Crippen LogP contribution in [0.5, 0.6) is 0 Å². The van der Waals surface area contributed by atoms with Crippen LogP contribution in [-0.2, 0) is 52.7 Å². The molecule has 0 aromatic rings. The number of ether oxygens (including phenoxy) is 1. The number of rotatable bonds is 23. The Hall–Kier alpha value is -5.09. The molecule has 0 spiro atoms. The van der Waals surface area contributed by atoms with Crippen LogP contribution in [0.25, 0.3) is 0 Å². The first-order chi connectivity index (χ1) is 28.2. The quantitative estimate of drug-likeness (QED) is 0.0452. The summed E-state index contributed by atoms with van der Waals surface area (Å²) in [4.78, 5) is 132. The van der Waals surface area contributed by atoms with Crippen LogP contribution >= 0.6 is 12.4 Å². The van der Waals surface area contributed by atoms with Gasteiger partial charge in [0.2, 0.25) is 53.2 Å². The number of halogens is 1. The molecule has 9 atom stereocenters. The standard InChI is InChI=1S/C38H64N10O12.ClH/c1-7-20(5)30(37(58)48-16-10-11-25(48)33(54)43-23(13-14-27(40)50)38(59)60-8-2)46-32(53)24(18-49)44-35(56)29(19(3)4)45-34(55)26-12-9-15-47(26)36(57)21(6)42-31(52)22(39)17-28(41)51;/h19-26,29-30,49H,7-18,39H2,1-6H3,(H2,40,50)(H2,41,51)(H,42,52)(H,43,54)(H,44,56)(H,45,55)(H,46,53);1H/t20-,21-,22-,23-,24-,25-,26-,29-,30-;/m0./s1. The Morgan fingerprint density at radius 1 is 0.705 bits per heavy atom. The van der Waals surface area contributed by atoms with Gasteiger partial charge >= 0.3 is 5.97 Å². The number of carbonyl (C=O) groups excluding carboxylic acids is 10. The molecule has 12 N–H and O–H groups in total. The molecule has 346 valence electrons. The number of likely N-dealkylation sites (tertiary alicyclic amines) is 2. The van der Waals surface area contributed by atoms with E-state index in [1.165, 1.54) is 16.7 Å². The number of hydrogen-bond donors (Lipinski definition) is 9. The van der Waals surface area contributed by atoms with Crippen molar-refractivity contribution in [3.8, 4) is 0 Å². The van der Waals surface area contributed by atoms with E-state index >= 15 is 0 Å². The Labute approximate surface area is 361 Å². The highest BCUT2D eigenvalue weighted by molar-refractivity contribution is 5.98. The maximum Gasteiger partial charge on any atom is 0.328 e. The monoisotopic (exact) mass is 888 g/mol. The van der Waals surface area contributed by atoms with Gasteiger partial charge in [0.1, 0.15) is 42.3 Å². The van der Waals surface area contributed by atoms with E-state index in [4.69, 9.17) is 21.9 Å². The molecule has 0 bridgehead atoms. The molecule has 2 aliphatic heterocycles. The van der Waals surface area contributed by atoms with Gasteiger partial charge in [0.05, 0.1) is 25.7 Å². The van der Waals surface area contributed by atoms with Gasteiger partial charge in [-0.15, -0.1) is 12.4 Å². The molecule has 2 fully saturated rings. The Morgan fingerprint density at radius 3 is 1.75 bits per heavy atom. The minimum Gasteiger partial charge on any atom is -0.464 e. The van der Waals surface area contributed by atoms with Crippen molar-refractivity contribution in [1.82, 2.24) is 36.4 Å². The van der Waals surface area contributed by atoms with Crippen molar-refractivity contribution >= 4 is 71.5 Å². The van der Waals surface area contributed by atoms with Crippen LogP contribution in [-0.4, -0.2) is 149 Å². The molecule has 0 aromatic carbocycles. The SMILES string of the molecule is CCOC(=O)[C@H](CCC(N)=O)NC(=O)[C@@H]1CCCN1C(=O)[C@@H](NC(=O)[C@H](CO)NC(=O)[C@@H](NC(=O)[C@@H]1CCCN1C(=O)[C@H](C)NC(=O)[C@@H](N)CC(N)=O)C(C)C)[C@@H](C)CC.Cl. The van der Waals surface area contributed by atoms with E-state index in [0.717, 1.165) is 0 Å². The number of nitrogens with zero attached hydrogens (tertiary/aromatic N) is 2. The molecule has 22 nitrogen and oxygen atoms in total. The first kappa shape index (κ1) is 53.9. The summed E-state index contributed by atoms with van der Waals surface area (Å²) in [5.41, 5.74) is 16.0. The van der Waals surface area contributed by atoms with E-state index in [1.807, 2.05) is 0 Å². The highest BCUT2D eigenvalue weighted by atomic mass is 35.5. The Balaban J connectivity index is 0.0000186. The second kappa shape index (κ2) is 25.6. The number of nitrogens with two attached hydrogens (primary N) is 3. The van der Waals surface area contributed by atoms with Gasteiger partial charge in [0, 0.05) is 19.5 Å². The number of esters is 1. The Morgan fingerprint density at radius 2 is 1.26 bits per heavy atom. The van der Waals surface area contributed by atoms with E-state index in [-0.39, 0.29) is 57.8 Å². The number of aliphatic hydroxyl groups is 1. The van der Waals surface area contributed by atoms with Crippen LogP contribution in [0, 0.1) is 11.8 Å². The third kappa shape index (κ3) is 15.7. The number of amides is 9. The van der Waals surface area contributed by atoms with Crippen molar-refractivity contribution in [2.45, 2.75) is 141 Å². The Kier molecular flexibility index (Phi) is 22.7. The molecule has 23 heteroatoms. The molecule has 2 rings (SSSR count). The molecule has 0 saturated carbocycles. The van der Waals surface area contributed by atoms with Crippen molar-refractivity contribution < 1.29 is 57.8 Å². The van der Waals surface area contributed by atoms with Crippen molar-refractivity contribution in [2.75, 3.05) is 26.3 Å². The lowest BCUT2D eigenvalue weighted by molar-refractivity contribution is -0.149. The highest BCUT2D eigenvalue weighted by Gasteiger charge is 2.42. The zero-order chi connectivity index (χ0) is 45.4. The van der Waals surface area contributed by atoms with E-state index in [2.05, 4.69) is 26.6 Å². The molecular formula is C38H65ClN10O12. The summed E-state index contributed by atoms with van der Waals surface area (Å²) in [5, 5.41) is 23.0. The molecule has 0 aromatic heterocycles. The lowest BCUT2D eigenvalue weighted by Gasteiger charge is -2.33. The van der Waals surface area contributed by atoms with Crippen LogP contribution in [0.1, 0.15) is 92.9 Å². The molecule has 9 amide bonds. The Bertz CT molecular complexity index is 1600. The fourth-order valence-electron chi connectivity index (χ4n) is 6.95. The summed E-state index contributed by atoms with van der Waals surface area (Å²) < 4.78 is 5.03. The second-order valence-electron chi connectivity index (χ2n) is 15.6. The zero-order valence-corrected chi connectivity index (χ0v) is 36.5. The molecular weight excluding hydrogens is 824 g/mol. The molecule has 2 saturated heterocycles. The van der Waals surface area contributed by atoms with Crippen molar-refractivity contribution in [3.05, 3.63) is 0 Å². The van der Waals surface area contributed by atoms with Crippen molar-refractivity contribution in [1.29, 1.82) is 0 Å². The fraction of sp³-hybridized carbons (Fsp3) is 0.737. The number of primary amides is 2. The van der Waals surface area contributed by atoms with Crippen LogP contribution in [0.4, 0.5) is 0 Å². The summed E-state index contributed by atoms with van der Waals surface area (Å²) >= 11 is 0. The van der Waals surface area contributed by atoms with E-state index in [9.17, 15) is 53.1 Å². The smallest absolute Gasteiger partial charge is 0.328 e. The predicted octanol–water partition coefficient (Wildman–Crippen LogP) is -3.44. The highest BCUT2D eigenvalue weighted by Crippen LogP contribution is 2.23. The van der Waals surface area contributed by atoms with Crippen LogP contribution < -0.4 is 43.8 Å². The first-order valence-corrected chi connectivity index (χ1v) is 20.4. The van der Waals surface area contributed by atoms with Crippen LogP contribution in [0.2, 0.25) is 0 Å². The lowest BCUT2D eigenvalue weighted by Crippen LogP contribution is -2.62. The number of nitrogens with one attached hydrogen (secondary N) is 5. The molecule has 0 radical (unpaired) electrons. The van der Waals surface area contributed by atoms with Crippen molar-refractivity contribution in [2.24, 2.45) is 29.0 Å². The van der Waals surface area contributed by atoms with E-state index in [1.54, 1.807) is 34.6 Å². The average molecular weight is 889 g/mol. The third-order valence-electron chi connectivity index (χ3n) is 10.6. The van der Waals surface area contributed by atoms with Gasteiger partial charge in [0.25, 0.3) is 0 Å². The summed E-state index contributed by atoms with van der Waals surface area (Å²) in [6, 6.07) is -9.61. The summed E-state index contributed by atoms with van der Waals surface area (Å²) in [6.45, 7) is 9.22. The molecule has 2 aliphatic rings. The van der Waals surface area contributed by atoms with Gasteiger partial charge in [-0.2, -0.15) is 0 Å². The van der Waals surface area contributed by atoms with Gasteiger partial charge in [-0.05, 0) is 57.8 Å². The van der Waals surface area contributed by atoms with E-state index in [0.29, 0.717) is 19.3 Å². The molecule has 2 heterocycles. The summed E-state index contributed by atoms with van der Waals surface area (Å²) in [7, 11) is 0. The van der Waals surface area contributed by atoms with Gasteiger partial charge < -0.3 is 63.4 Å². The van der Waals surface area contributed by atoms with Crippen molar-refractivity contribution in [3.63, 3.8) is 0 Å². The zero-order valence-electron chi connectivity index (χ0n) is 35.7. The maximum atomic E-state index is 14.1. The van der Waals surface area contributed by atoms with Gasteiger partial charge in [0.15, 0.2) is 0 Å². The largest absolute Gasteiger partial charge is 0.464 e. The summed E-state index contributed by atoms with van der Waals surface area (Å²) in [5.74, 6) is -8.32. The topological polar surface area (TPSA) is 345 Å². The predicted molar refractivity (Wildman–Crippen MR) is 220 cm³/mol. The van der Waals surface area contributed by atoms with Gasteiger partial charge in [-0.25, -0.2) is 4.79 Å². The molecule has 61 heavy (non-hydrogen) atoms. The number of hydrogen-bond acceptors (Lipinski definition) is 13. The minimum absolute atomic E-state index is 0.